The number of esters is 1. The maximum atomic E-state index is 14.5. The van der Waals surface area contributed by atoms with E-state index < -0.39 is 95.6 Å². The SMILES string of the molecule is CC[C@H]1OC(=O)[C@H](C)[C@@H](C2C[C@@](C)(OC)[C@@H](O)[C@H](C)O2)[C@H](C)[C@@H](O[C@@H]2O[C@H](C)C[C@H](N(C)CCc3cn(CCN)nn3)[C@H]2O)[C@](C)(O)C[C@@H](C)CN(C)[C@H](C)[C@@H](O)[C@]1(C)O. The highest BCUT2D eigenvalue weighted by Crippen LogP contribution is 2.45. The Bertz CT molecular complexity index is 1500. The Morgan fingerprint density at radius 2 is 1.70 bits per heavy atom. The molecule has 348 valence electrons. The molecule has 60 heavy (non-hydrogen) atoms. The van der Waals surface area contributed by atoms with Gasteiger partial charge in [0.15, 0.2) is 6.29 Å². The molecule has 17 nitrogen and oxygen atoms in total. The number of nitrogens with two attached hydrogens (primary N) is 1. The average molecular weight is 857 g/mol. The molecular formula is C43H80N6O11. The highest BCUT2D eigenvalue weighted by atomic mass is 16.7. The summed E-state index contributed by atoms with van der Waals surface area (Å²) in [6.45, 7) is 20.0. The van der Waals surface area contributed by atoms with Crippen LogP contribution in [-0.4, -0.2) is 181 Å². The highest BCUT2D eigenvalue weighted by Gasteiger charge is 2.55. The first kappa shape index (κ1) is 50.8. The number of aliphatic hydroxyl groups is 5. The third-order valence-corrected chi connectivity index (χ3v) is 14.1. The molecule has 3 fully saturated rings. The van der Waals surface area contributed by atoms with E-state index in [-0.39, 0.29) is 37.3 Å². The van der Waals surface area contributed by atoms with Crippen molar-refractivity contribution in [1.82, 2.24) is 24.8 Å². The zero-order valence-electron chi connectivity index (χ0n) is 38.6. The first-order valence-corrected chi connectivity index (χ1v) is 22.1. The van der Waals surface area contributed by atoms with Crippen LogP contribution in [-0.2, 0) is 41.4 Å². The van der Waals surface area contributed by atoms with Crippen molar-refractivity contribution < 1.29 is 54.0 Å². The number of aromatic nitrogens is 3. The van der Waals surface area contributed by atoms with Crippen molar-refractivity contribution in [2.24, 2.45) is 29.4 Å². The van der Waals surface area contributed by atoms with Gasteiger partial charge in [-0.3, -0.25) is 9.48 Å². The second kappa shape index (κ2) is 20.8. The summed E-state index contributed by atoms with van der Waals surface area (Å²) in [5.41, 5.74) is 2.10. The lowest BCUT2D eigenvalue weighted by molar-refractivity contribution is -0.302. The fraction of sp³-hybridized carbons (Fsp3) is 0.930. The summed E-state index contributed by atoms with van der Waals surface area (Å²) in [4.78, 5) is 18.5. The number of methoxy groups -OCH3 is 1. The van der Waals surface area contributed by atoms with E-state index in [1.165, 1.54) is 14.0 Å². The van der Waals surface area contributed by atoms with E-state index >= 15 is 0 Å². The van der Waals surface area contributed by atoms with E-state index in [1.54, 1.807) is 32.4 Å². The fourth-order valence-electron chi connectivity index (χ4n) is 10.4. The topological polar surface area (TPSA) is 228 Å². The van der Waals surface area contributed by atoms with Gasteiger partial charge in [-0.25, -0.2) is 0 Å². The number of carbonyl (C=O) groups is 1. The number of rotatable bonds is 11. The molecule has 4 heterocycles. The van der Waals surface area contributed by atoms with Gasteiger partial charge in [-0.2, -0.15) is 0 Å². The molecule has 0 spiro atoms. The lowest BCUT2D eigenvalue weighted by Gasteiger charge is -2.51. The van der Waals surface area contributed by atoms with E-state index in [0.29, 0.717) is 39.0 Å². The summed E-state index contributed by atoms with van der Waals surface area (Å²) < 4.78 is 33.7. The molecule has 0 radical (unpaired) electrons. The lowest BCUT2D eigenvalue weighted by Crippen LogP contribution is -2.62. The third kappa shape index (κ3) is 11.4. The number of carbonyl (C=O) groups excluding carboxylic acids is 1. The van der Waals surface area contributed by atoms with Crippen LogP contribution in [0.2, 0.25) is 0 Å². The van der Waals surface area contributed by atoms with Crippen molar-refractivity contribution in [3.05, 3.63) is 11.9 Å². The minimum atomic E-state index is -1.80. The van der Waals surface area contributed by atoms with E-state index in [9.17, 15) is 30.3 Å². The molecule has 3 saturated heterocycles. The second-order valence-corrected chi connectivity index (χ2v) is 19.3. The zero-order chi connectivity index (χ0) is 45.1. The average Bonchev–Trinajstić information content (AvgIpc) is 3.63. The molecule has 0 saturated carbocycles. The maximum absolute atomic E-state index is 14.5. The van der Waals surface area contributed by atoms with E-state index in [2.05, 4.69) is 15.2 Å². The van der Waals surface area contributed by atoms with Gasteiger partial charge in [0.05, 0.1) is 53.8 Å². The van der Waals surface area contributed by atoms with Gasteiger partial charge in [0, 0.05) is 63.8 Å². The molecule has 17 heteroatoms. The molecule has 0 aliphatic carbocycles. The second-order valence-electron chi connectivity index (χ2n) is 19.3. The monoisotopic (exact) mass is 857 g/mol. The summed E-state index contributed by atoms with van der Waals surface area (Å²) in [5, 5.41) is 68.0. The quantitative estimate of drug-likeness (QED) is 0.173. The molecule has 3 aliphatic rings. The molecule has 1 aromatic heterocycles. The van der Waals surface area contributed by atoms with Crippen LogP contribution in [0.5, 0.6) is 0 Å². The van der Waals surface area contributed by atoms with Crippen molar-refractivity contribution >= 4 is 5.97 Å². The maximum Gasteiger partial charge on any atom is 0.309 e. The van der Waals surface area contributed by atoms with Gasteiger partial charge >= 0.3 is 5.97 Å². The smallest absolute Gasteiger partial charge is 0.309 e. The standard InChI is InChI=1S/C43H80N6O11/c1-14-33-43(10,55)36(51)28(6)48(12)22-24(2)20-41(8,54)38(26(4)34(27(5)39(53)59-33)32-21-42(9,56-13)37(52)29(7)58-32)60-40-35(50)31(19-25(3)57-40)47(11)17-15-30-23-49(18-16-44)46-45-30/h23-29,31-38,40,50-52,54-55H,14-22,44H2,1-13H3/t24-,25-,26+,27-,28-,29+,31+,32?,33-,34+,35-,36-,37+,38-,40+,41-,42-,43-/m1/s1. The highest BCUT2D eigenvalue weighted by molar-refractivity contribution is 5.73. The van der Waals surface area contributed by atoms with Gasteiger partial charge in [-0.15, -0.1) is 5.10 Å². The van der Waals surface area contributed by atoms with Gasteiger partial charge in [0.2, 0.25) is 0 Å². The van der Waals surface area contributed by atoms with Gasteiger partial charge in [-0.1, -0.05) is 32.9 Å². The van der Waals surface area contributed by atoms with Gasteiger partial charge in [0.1, 0.15) is 30.0 Å². The van der Waals surface area contributed by atoms with Crippen molar-refractivity contribution in [1.29, 1.82) is 0 Å². The number of cyclic esters (lactones) is 1. The Labute approximate surface area is 358 Å². The molecule has 0 bridgehead atoms. The number of aliphatic hydroxyl groups excluding tert-OH is 3. The predicted molar refractivity (Wildman–Crippen MR) is 225 cm³/mol. The van der Waals surface area contributed by atoms with Crippen molar-refractivity contribution in [2.45, 2.75) is 192 Å². The summed E-state index contributed by atoms with van der Waals surface area (Å²) >= 11 is 0. The fourth-order valence-corrected chi connectivity index (χ4v) is 10.4. The number of nitrogens with zero attached hydrogens (tertiary/aromatic N) is 5. The lowest BCUT2D eigenvalue weighted by atomic mass is 9.68. The number of hydrogen-bond acceptors (Lipinski definition) is 16. The Hall–Kier alpha value is -1.87. The molecule has 3 aliphatic heterocycles. The van der Waals surface area contributed by atoms with Gasteiger partial charge < -0.3 is 64.8 Å². The van der Waals surface area contributed by atoms with Crippen LogP contribution >= 0.6 is 0 Å². The largest absolute Gasteiger partial charge is 0.459 e. The first-order valence-electron chi connectivity index (χ1n) is 22.1. The number of hydrogen-bond donors (Lipinski definition) is 6. The van der Waals surface area contributed by atoms with E-state index in [4.69, 9.17) is 29.4 Å². The normalized spacial score (nSPS) is 44.6. The van der Waals surface area contributed by atoms with Crippen molar-refractivity contribution in [3.8, 4) is 0 Å². The van der Waals surface area contributed by atoms with Crippen LogP contribution in [0.15, 0.2) is 6.20 Å². The molecule has 1 unspecified atom stereocenters. The zero-order valence-corrected chi connectivity index (χ0v) is 38.6. The molecule has 18 atom stereocenters. The molecular weight excluding hydrogens is 777 g/mol. The summed E-state index contributed by atoms with van der Waals surface area (Å²) in [7, 11) is 5.33. The van der Waals surface area contributed by atoms with Crippen LogP contribution < -0.4 is 5.73 Å². The van der Waals surface area contributed by atoms with E-state index in [0.717, 1.165) is 5.69 Å². The summed E-state index contributed by atoms with van der Waals surface area (Å²) in [5.74, 6) is -3.05. The molecule has 7 N–H and O–H groups in total. The Balaban J connectivity index is 1.78. The van der Waals surface area contributed by atoms with Gasteiger partial charge in [-0.05, 0) is 86.7 Å². The Morgan fingerprint density at radius 1 is 1.03 bits per heavy atom. The minimum absolute atomic E-state index is 0.153. The Morgan fingerprint density at radius 3 is 2.32 bits per heavy atom. The number of ether oxygens (including phenoxy) is 5. The van der Waals surface area contributed by atoms with Crippen molar-refractivity contribution in [2.75, 3.05) is 40.8 Å². The Kier molecular flexibility index (Phi) is 17.6. The van der Waals surface area contributed by atoms with Gasteiger partial charge in [0.25, 0.3) is 0 Å². The minimum Gasteiger partial charge on any atom is -0.459 e. The third-order valence-electron chi connectivity index (χ3n) is 14.1. The van der Waals surface area contributed by atoms with Crippen LogP contribution in [0.4, 0.5) is 0 Å². The molecule has 0 amide bonds. The van der Waals surface area contributed by atoms with Crippen LogP contribution in [0.1, 0.15) is 101 Å². The van der Waals surface area contributed by atoms with Crippen LogP contribution in [0, 0.1) is 23.7 Å². The summed E-state index contributed by atoms with van der Waals surface area (Å²) in [6.07, 6.45) is -4.61. The molecule has 1 aromatic rings. The first-order chi connectivity index (χ1) is 27.9. The number of likely N-dealkylation sites (N-methyl/N-ethyl adjacent to an activating group) is 2. The molecule has 0 aromatic carbocycles. The van der Waals surface area contributed by atoms with Crippen LogP contribution in [0.3, 0.4) is 0 Å². The summed E-state index contributed by atoms with van der Waals surface area (Å²) in [6, 6.07) is -0.911. The molecule has 4 rings (SSSR count). The van der Waals surface area contributed by atoms with E-state index in [1.807, 2.05) is 59.8 Å². The predicted octanol–water partition coefficient (Wildman–Crippen LogP) is 1.34. The van der Waals surface area contributed by atoms with Crippen LogP contribution in [0.25, 0.3) is 0 Å². The van der Waals surface area contributed by atoms with Crippen molar-refractivity contribution in [3.63, 3.8) is 0 Å².